The minimum atomic E-state index is -0.511. The molecule has 0 radical (unpaired) electrons. The fourth-order valence-electron chi connectivity index (χ4n) is 2.53. The van der Waals surface area contributed by atoms with Crippen molar-refractivity contribution in [3.63, 3.8) is 0 Å². The Bertz CT molecular complexity index is 464. The standard InChI is InChI=1S/C14H20FN3O/c1-18-8-3-4-10(18)7-9-19-12-6-2-5-11(15)13(12)14(16)17/h2,5-6,10H,3-4,7-9H2,1H3,(H3,16,17). The number of halogens is 1. The van der Waals surface area contributed by atoms with Crippen molar-refractivity contribution in [2.75, 3.05) is 20.2 Å². The second-order valence-corrected chi connectivity index (χ2v) is 4.94. The van der Waals surface area contributed by atoms with Gasteiger partial charge >= 0.3 is 0 Å². The fraction of sp³-hybridized carbons (Fsp3) is 0.500. The lowest BCUT2D eigenvalue weighted by Gasteiger charge is -2.19. The highest BCUT2D eigenvalue weighted by atomic mass is 19.1. The molecule has 1 aliphatic heterocycles. The molecule has 1 heterocycles. The number of nitrogens with two attached hydrogens (primary N) is 1. The summed E-state index contributed by atoms with van der Waals surface area (Å²) in [7, 11) is 2.11. The lowest BCUT2D eigenvalue weighted by molar-refractivity contribution is 0.232. The van der Waals surface area contributed by atoms with Gasteiger partial charge < -0.3 is 15.4 Å². The quantitative estimate of drug-likeness (QED) is 0.632. The average Bonchev–Trinajstić information content (AvgIpc) is 2.75. The molecule has 5 heteroatoms. The normalized spacial score (nSPS) is 19.6. The molecule has 19 heavy (non-hydrogen) atoms. The smallest absolute Gasteiger partial charge is 0.137 e. The van der Waals surface area contributed by atoms with Crippen molar-refractivity contribution in [1.82, 2.24) is 4.90 Å². The zero-order chi connectivity index (χ0) is 13.8. The van der Waals surface area contributed by atoms with Gasteiger partial charge in [-0.2, -0.15) is 0 Å². The first-order valence-corrected chi connectivity index (χ1v) is 6.55. The van der Waals surface area contributed by atoms with Gasteiger partial charge in [-0.15, -0.1) is 0 Å². The fourth-order valence-corrected chi connectivity index (χ4v) is 2.53. The highest BCUT2D eigenvalue weighted by Gasteiger charge is 2.20. The topological polar surface area (TPSA) is 62.3 Å². The summed E-state index contributed by atoms with van der Waals surface area (Å²) in [6.07, 6.45) is 3.31. The molecule has 1 unspecified atom stereocenters. The van der Waals surface area contributed by atoms with E-state index in [4.69, 9.17) is 15.9 Å². The van der Waals surface area contributed by atoms with Crippen LogP contribution in [0.4, 0.5) is 4.39 Å². The van der Waals surface area contributed by atoms with Crippen LogP contribution >= 0.6 is 0 Å². The lowest BCUT2D eigenvalue weighted by Crippen LogP contribution is -2.26. The van der Waals surface area contributed by atoms with E-state index in [0.717, 1.165) is 13.0 Å². The van der Waals surface area contributed by atoms with E-state index >= 15 is 0 Å². The molecule has 1 aromatic carbocycles. The van der Waals surface area contributed by atoms with Crippen LogP contribution in [0, 0.1) is 11.2 Å². The van der Waals surface area contributed by atoms with Crippen LogP contribution in [0.1, 0.15) is 24.8 Å². The van der Waals surface area contributed by atoms with Crippen molar-refractivity contribution in [1.29, 1.82) is 5.41 Å². The first-order valence-electron chi connectivity index (χ1n) is 6.55. The van der Waals surface area contributed by atoms with Gasteiger partial charge in [0.05, 0.1) is 12.2 Å². The molecule has 0 spiro atoms. The molecule has 1 saturated heterocycles. The molecular formula is C14H20FN3O. The van der Waals surface area contributed by atoms with Crippen LogP contribution in [-0.2, 0) is 0 Å². The number of rotatable bonds is 5. The molecule has 4 nitrogen and oxygen atoms in total. The molecule has 1 aliphatic rings. The van der Waals surface area contributed by atoms with Crippen molar-refractivity contribution < 1.29 is 9.13 Å². The predicted octanol–water partition coefficient (Wildman–Crippen LogP) is 1.97. The molecule has 0 saturated carbocycles. The van der Waals surface area contributed by atoms with E-state index in [2.05, 4.69) is 11.9 Å². The Labute approximate surface area is 112 Å². The number of nitrogens with zero attached hydrogens (tertiary/aromatic N) is 1. The Morgan fingerprint density at radius 3 is 3.00 bits per heavy atom. The summed E-state index contributed by atoms with van der Waals surface area (Å²) in [6.45, 7) is 1.64. The maximum atomic E-state index is 13.6. The maximum absolute atomic E-state index is 13.6. The van der Waals surface area contributed by atoms with Crippen LogP contribution in [0.3, 0.4) is 0 Å². The number of nitrogen functional groups attached to an aromatic ring is 1. The summed E-state index contributed by atoms with van der Waals surface area (Å²) >= 11 is 0. The van der Waals surface area contributed by atoms with Gasteiger partial charge in [-0.3, -0.25) is 5.41 Å². The van der Waals surface area contributed by atoms with E-state index in [1.165, 1.54) is 18.9 Å². The summed E-state index contributed by atoms with van der Waals surface area (Å²) in [5.74, 6) is -0.456. The largest absolute Gasteiger partial charge is 0.493 e. The van der Waals surface area contributed by atoms with E-state index < -0.39 is 5.82 Å². The lowest BCUT2D eigenvalue weighted by atomic mass is 10.1. The summed E-state index contributed by atoms with van der Waals surface area (Å²) in [6, 6.07) is 5.04. The Hall–Kier alpha value is -1.62. The predicted molar refractivity (Wildman–Crippen MR) is 73.2 cm³/mol. The first kappa shape index (κ1) is 13.8. The van der Waals surface area contributed by atoms with E-state index in [0.29, 0.717) is 18.4 Å². The second-order valence-electron chi connectivity index (χ2n) is 4.94. The van der Waals surface area contributed by atoms with Crippen molar-refractivity contribution in [3.05, 3.63) is 29.6 Å². The Balaban J connectivity index is 1.96. The summed E-state index contributed by atoms with van der Waals surface area (Å²) in [4.78, 5) is 2.32. The van der Waals surface area contributed by atoms with Crippen LogP contribution in [0.5, 0.6) is 5.75 Å². The summed E-state index contributed by atoms with van der Waals surface area (Å²) < 4.78 is 19.2. The number of benzene rings is 1. The van der Waals surface area contributed by atoms with Crippen LogP contribution in [0.2, 0.25) is 0 Å². The molecule has 0 aromatic heterocycles. The van der Waals surface area contributed by atoms with Crippen molar-refractivity contribution in [2.24, 2.45) is 5.73 Å². The minimum absolute atomic E-state index is 0.0577. The molecule has 3 N–H and O–H groups in total. The molecule has 1 aromatic rings. The van der Waals surface area contributed by atoms with E-state index in [9.17, 15) is 4.39 Å². The van der Waals surface area contributed by atoms with Crippen molar-refractivity contribution >= 4 is 5.84 Å². The van der Waals surface area contributed by atoms with Crippen molar-refractivity contribution in [2.45, 2.75) is 25.3 Å². The Kier molecular flexibility index (Phi) is 4.37. The molecule has 0 aliphatic carbocycles. The molecule has 104 valence electrons. The third kappa shape index (κ3) is 3.23. The monoisotopic (exact) mass is 265 g/mol. The zero-order valence-electron chi connectivity index (χ0n) is 11.2. The average molecular weight is 265 g/mol. The van der Waals surface area contributed by atoms with Gasteiger partial charge in [0, 0.05) is 6.04 Å². The van der Waals surface area contributed by atoms with Gasteiger partial charge in [-0.25, -0.2) is 4.39 Å². The van der Waals surface area contributed by atoms with Crippen LogP contribution in [0.15, 0.2) is 18.2 Å². The van der Waals surface area contributed by atoms with Gasteiger partial charge in [-0.05, 0) is 45.0 Å². The first-order chi connectivity index (χ1) is 9.09. The SMILES string of the molecule is CN1CCCC1CCOc1cccc(F)c1C(=N)N. The number of ether oxygens (including phenoxy) is 1. The molecule has 2 rings (SSSR count). The Morgan fingerprint density at radius 1 is 1.58 bits per heavy atom. The molecule has 0 bridgehead atoms. The molecule has 1 fully saturated rings. The van der Waals surface area contributed by atoms with Gasteiger partial charge in [0.1, 0.15) is 17.4 Å². The number of hydrogen-bond acceptors (Lipinski definition) is 3. The van der Waals surface area contributed by atoms with Crippen LogP contribution < -0.4 is 10.5 Å². The molecule has 1 atom stereocenters. The number of hydrogen-bond donors (Lipinski definition) is 2. The van der Waals surface area contributed by atoms with Crippen molar-refractivity contribution in [3.8, 4) is 5.75 Å². The third-order valence-corrected chi connectivity index (χ3v) is 3.62. The van der Waals surface area contributed by atoms with E-state index in [1.54, 1.807) is 12.1 Å². The third-order valence-electron chi connectivity index (χ3n) is 3.62. The summed E-state index contributed by atoms with van der Waals surface area (Å²) in [5.41, 5.74) is 5.44. The zero-order valence-corrected chi connectivity index (χ0v) is 11.2. The van der Waals surface area contributed by atoms with Gasteiger partial charge in [-0.1, -0.05) is 6.07 Å². The van der Waals surface area contributed by atoms with E-state index in [1.807, 2.05) is 0 Å². The highest BCUT2D eigenvalue weighted by molar-refractivity contribution is 5.97. The van der Waals surface area contributed by atoms with Crippen LogP contribution in [0.25, 0.3) is 0 Å². The molecule has 0 amide bonds. The summed E-state index contributed by atoms with van der Waals surface area (Å²) in [5, 5.41) is 7.40. The second kappa shape index (κ2) is 6.02. The van der Waals surface area contributed by atoms with Crippen LogP contribution in [-0.4, -0.2) is 37.0 Å². The Morgan fingerprint density at radius 2 is 2.37 bits per heavy atom. The van der Waals surface area contributed by atoms with E-state index in [-0.39, 0.29) is 11.4 Å². The van der Waals surface area contributed by atoms with Gasteiger partial charge in [0.25, 0.3) is 0 Å². The van der Waals surface area contributed by atoms with Gasteiger partial charge in [0.15, 0.2) is 0 Å². The number of amidine groups is 1. The maximum Gasteiger partial charge on any atom is 0.137 e. The minimum Gasteiger partial charge on any atom is -0.493 e. The van der Waals surface area contributed by atoms with Gasteiger partial charge in [0.2, 0.25) is 0 Å². The molecular weight excluding hydrogens is 245 g/mol. The number of likely N-dealkylation sites (tertiary alicyclic amines) is 1. The highest BCUT2D eigenvalue weighted by Crippen LogP contribution is 2.22. The number of nitrogens with one attached hydrogen (secondary N) is 1.